The van der Waals surface area contributed by atoms with Crippen LogP contribution in [0.15, 0.2) is 12.4 Å². The second-order valence-corrected chi connectivity index (χ2v) is 3.65. The van der Waals surface area contributed by atoms with E-state index in [-0.39, 0.29) is 18.1 Å². The number of aryl methyl sites for hydroxylation is 1. The molecule has 4 nitrogen and oxygen atoms in total. The Bertz CT molecular complexity index is 375. The van der Waals surface area contributed by atoms with Gasteiger partial charge in [0.1, 0.15) is 0 Å². The molecule has 0 radical (unpaired) electrons. The monoisotopic (exact) mass is 205 g/mol. The molecule has 0 N–H and O–H groups in total. The normalized spacial score (nSPS) is 12.1. The molecule has 1 heterocycles. The minimum Gasteiger partial charge on any atom is -0.294 e. The standard InChI is InChI=1S/C11H15N3O/c1-3-4-14-8-10(7-13-14)11(15)5-9(2)6-12/h7-9H,3-5H2,1-2H3. The third-order valence-corrected chi connectivity index (χ3v) is 2.12. The Morgan fingerprint density at radius 2 is 2.47 bits per heavy atom. The van der Waals surface area contributed by atoms with Gasteiger partial charge in [-0.25, -0.2) is 0 Å². The first-order valence-corrected chi connectivity index (χ1v) is 5.12. The van der Waals surface area contributed by atoms with Crippen molar-refractivity contribution in [3.63, 3.8) is 0 Å². The van der Waals surface area contributed by atoms with Crippen molar-refractivity contribution in [3.05, 3.63) is 18.0 Å². The van der Waals surface area contributed by atoms with E-state index < -0.39 is 0 Å². The molecule has 15 heavy (non-hydrogen) atoms. The van der Waals surface area contributed by atoms with Gasteiger partial charge >= 0.3 is 0 Å². The minimum absolute atomic E-state index is 0.00796. The molecule has 0 aliphatic rings. The molecule has 1 atom stereocenters. The van der Waals surface area contributed by atoms with E-state index in [9.17, 15) is 4.79 Å². The van der Waals surface area contributed by atoms with Crippen molar-refractivity contribution in [1.82, 2.24) is 9.78 Å². The molecule has 0 bridgehead atoms. The fourth-order valence-corrected chi connectivity index (χ4v) is 1.30. The predicted octanol–water partition coefficient (Wildman–Crippen LogP) is 2.03. The van der Waals surface area contributed by atoms with Crippen LogP contribution < -0.4 is 0 Å². The van der Waals surface area contributed by atoms with Crippen molar-refractivity contribution in [1.29, 1.82) is 5.26 Å². The molecule has 0 aliphatic carbocycles. The summed E-state index contributed by atoms with van der Waals surface area (Å²) >= 11 is 0. The third kappa shape index (κ3) is 3.21. The van der Waals surface area contributed by atoms with Crippen LogP contribution in [0.1, 0.15) is 37.0 Å². The van der Waals surface area contributed by atoms with Gasteiger partial charge in [-0.2, -0.15) is 10.4 Å². The first-order chi connectivity index (χ1) is 7.17. The molecular formula is C11H15N3O. The highest BCUT2D eigenvalue weighted by molar-refractivity contribution is 5.95. The number of Topliss-reactive ketones (excluding diaryl/α,β-unsaturated/α-hetero) is 1. The smallest absolute Gasteiger partial charge is 0.167 e. The molecule has 80 valence electrons. The number of hydrogen-bond donors (Lipinski definition) is 0. The molecule has 1 aromatic rings. The zero-order chi connectivity index (χ0) is 11.3. The largest absolute Gasteiger partial charge is 0.294 e. The maximum absolute atomic E-state index is 11.6. The van der Waals surface area contributed by atoms with E-state index in [1.807, 2.05) is 6.07 Å². The van der Waals surface area contributed by atoms with E-state index >= 15 is 0 Å². The number of carbonyl (C=O) groups excluding carboxylic acids is 1. The van der Waals surface area contributed by atoms with Crippen molar-refractivity contribution in [3.8, 4) is 6.07 Å². The topological polar surface area (TPSA) is 58.7 Å². The van der Waals surface area contributed by atoms with Crippen molar-refractivity contribution < 1.29 is 4.79 Å². The molecule has 1 aromatic heterocycles. The third-order valence-electron chi connectivity index (χ3n) is 2.12. The van der Waals surface area contributed by atoms with Crippen molar-refractivity contribution in [2.24, 2.45) is 5.92 Å². The molecule has 0 aromatic carbocycles. The van der Waals surface area contributed by atoms with E-state index in [0.29, 0.717) is 5.56 Å². The summed E-state index contributed by atoms with van der Waals surface area (Å²) in [6.45, 7) is 4.62. The van der Waals surface area contributed by atoms with Crippen LogP contribution in [0.3, 0.4) is 0 Å². The predicted molar refractivity (Wildman–Crippen MR) is 56.2 cm³/mol. The Kier molecular flexibility index (Phi) is 4.04. The highest BCUT2D eigenvalue weighted by Crippen LogP contribution is 2.08. The lowest BCUT2D eigenvalue weighted by atomic mass is 10.0. The molecular weight excluding hydrogens is 190 g/mol. The van der Waals surface area contributed by atoms with Crippen molar-refractivity contribution in [2.75, 3.05) is 0 Å². The lowest BCUT2D eigenvalue weighted by molar-refractivity contribution is 0.0972. The summed E-state index contributed by atoms with van der Waals surface area (Å²) in [4.78, 5) is 11.6. The van der Waals surface area contributed by atoms with E-state index in [0.717, 1.165) is 13.0 Å². The molecule has 1 rings (SSSR count). The molecule has 0 aliphatic heterocycles. The quantitative estimate of drug-likeness (QED) is 0.691. The summed E-state index contributed by atoms with van der Waals surface area (Å²) in [5.74, 6) is -0.238. The molecule has 4 heteroatoms. The summed E-state index contributed by atoms with van der Waals surface area (Å²) in [7, 11) is 0. The molecule has 0 saturated heterocycles. The highest BCUT2D eigenvalue weighted by atomic mass is 16.1. The zero-order valence-electron chi connectivity index (χ0n) is 9.10. The fraction of sp³-hybridized carbons (Fsp3) is 0.545. The average Bonchev–Trinajstić information content (AvgIpc) is 2.67. The molecule has 0 amide bonds. The van der Waals surface area contributed by atoms with Gasteiger partial charge in [0, 0.05) is 19.2 Å². The Morgan fingerprint density at radius 3 is 3.07 bits per heavy atom. The van der Waals surface area contributed by atoms with Crippen LogP contribution in [-0.2, 0) is 6.54 Å². The highest BCUT2D eigenvalue weighted by Gasteiger charge is 2.12. The lowest BCUT2D eigenvalue weighted by Gasteiger charge is -1.98. The van der Waals surface area contributed by atoms with E-state index in [2.05, 4.69) is 12.0 Å². The summed E-state index contributed by atoms with van der Waals surface area (Å²) in [6.07, 6.45) is 4.58. The first kappa shape index (κ1) is 11.4. The number of hydrogen-bond acceptors (Lipinski definition) is 3. The molecule has 0 fully saturated rings. The van der Waals surface area contributed by atoms with Crippen molar-refractivity contribution in [2.45, 2.75) is 33.2 Å². The van der Waals surface area contributed by atoms with Gasteiger partial charge in [-0.15, -0.1) is 0 Å². The molecule has 0 spiro atoms. The van der Waals surface area contributed by atoms with Crippen LogP contribution in [0, 0.1) is 17.2 Å². The maximum Gasteiger partial charge on any atom is 0.167 e. The number of rotatable bonds is 5. The van der Waals surface area contributed by atoms with Crippen LogP contribution in [-0.4, -0.2) is 15.6 Å². The van der Waals surface area contributed by atoms with E-state index in [1.165, 1.54) is 0 Å². The number of nitrogens with zero attached hydrogens (tertiary/aromatic N) is 3. The number of aromatic nitrogens is 2. The summed E-state index contributed by atoms with van der Waals surface area (Å²) in [5, 5.41) is 12.7. The van der Waals surface area contributed by atoms with Gasteiger partial charge in [0.15, 0.2) is 5.78 Å². The Labute approximate surface area is 89.5 Å². The Morgan fingerprint density at radius 1 is 1.73 bits per heavy atom. The van der Waals surface area contributed by atoms with Gasteiger partial charge in [-0.3, -0.25) is 9.48 Å². The van der Waals surface area contributed by atoms with Crippen molar-refractivity contribution >= 4 is 5.78 Å². The molecule has 0 saturated carbocycles. The second kappa shape index (κ2) is 5.30. The summed E-state index contributed by atoms with van der Waals surface area (Å²) in [5.41, 5.74) is 0.602. The fourth-order valence-electron chi connectivity index (χ4n) is 1.30. The SMILES string of the molecule is CCCn1cc(C(=O)CC(C)C#N)cn1. The number of ketones is 1. The van der Waals surface area contributed by atoms with Gasteiger partial charge in [-0.05, 0) is 13.3 Å². The van der Waals surface area contributed by atoms with Gasteiger partial charge < -0.3 is 0 Å². The zero-order valence-corrected chi connectivity index (χ0v) is 9.10. The van der Waals surface area contributed by atoms with Crippen LogP contribution >= 0.6 is 0 Å². The van der Waals surface area contributed by atoms with Gasteiger partial charge in [0.2, 0.25) is 0 Å². The summed E-state index contributed by atoms with van der Waals surface area (Å²) in [6, 6.07) is 2.05. The molecule has 1 unspecified atom stereocenters. The average molecular weight is 205 g/mol. The van der Waals surface area contributed by atoms with Crippen LogP contribution in [0.4, 0.5) is 0 Å². The Balaban J connectivity index is 2.62. The Hall–Kier alpha value is -1.63. The van der Waals surface area contributed by atoms with Crippen LogP contribution in [0.25, 0.3) is 0 Å². The van der Waals surface area contributed by atoms with Gasteiger partial charge in [0.25, 0.3) is 0 Å². The van der Waals surface area contributed by atoms with Crippen LogP contribution in [0.2, 0.25) is 0 Å². The maximum atomic E-state index is 11.6. The van der Waals surface area contributed by atoms with Crippen LogP contribution in [0.5, 0.6) is 0 Å². The van der Waals surface area contributed by atoms with Gasteiger partial charge in [0.05, 0.1) is 23.7 Å². The minimum atomic E-state index is -0.230. The van der Waals surface area contributed by atoms with Gasteiger partial charge in [-0.1, -0.05) is 6.92 Å². The first-order valence-electron chi connectivity index (χ1n) is 5.12. The van der Waals surface area contributed by atoms with E-state index in [1.54, 1.807) is 24.0 Å². The number of carbonyl (C=O) groups is 1. The number of nitriles is 1. The van der Waals surface area contributed by atoms with E-state index in [4.69, 9.17) is 5.26 Å². The lowest BCUT2D eigenvalue weighted by Crippen LogP contribution is -2.03. The summed E-state index contributed by atoms with van der Waals surface area (Å²) < 4.78 is 1.75. The second-order valence-electron chi connectivity index (χ2n) is 3.65.